The standard InChI is InChI=1S/C11H11FO/c1-2-3-10(8-13)9-4-6-11(12)7-5-9/h2,4-8,10H,1,3H2. The van der Waals surface area contributed by atoms with E-state index in [9.17, 15) is 9.18 Å². The van der Waals surface area contributed by atoms with Crippen molar-refractivity contribution in [1.29, 1.82) is 0 Å². The molecule has 68 valence electrons. The van der Waals surface area contributed by atoms with E-state index >= 15 is 0 Å². The summed E-state index contributed by atoms with van der Waals surface area (Å²) in [5.41, 5.74) is 0.830. The van der Waals surface area contributed by atoms with Crippen LogP contribution in [0.1, 0.15) is 17.9 Å². The molecular formula is C11H11FO. The van der Waals surface area contributed by atoms with Gasteiger partial charge in [0.1, 0.15) is 12.1 Å². The summed E-state index contributed by atoms with van der Waals surface area (Å²) in [5, 5.41) is 0. The van der Waals surface area contributed by atoms with Gasteiger partial charge in [-0.15, -0.1) is 6.58 Å². The number of allylic oxidation sites excluding steroid dienone is 1. The molecule has 0 heterocycles. The highest BCUT2D eigenvalue weighted by atomic mass is 19.1. The highest BCUT2D eigenvalue weighted by molar-refractivity contribution is 5.62. The molecule has 2 heteroatoms. The predicted octanol–water partition coefficient (Wildman–Crippen LogP) is 2.68. The Bertz CT molecular complexity index is 289. The summed E-state index contributed by atoms with van der Waals surface area (Å²) in [6, 6.07) is 5.96. The van der Waals surface area contributed by atoms with Crippen LogP contribution in [0, 0.1) is 5.82 Å². The number of rotatable bonds is 4. The van der Waals surface area contributed by atoms with Crippen molar-refractivity contribution in [3.8, 4) is 0 Å². The molecular weight excluding hydrogens is 167 g/mol. The van der Waals surface area contributed by atoms with Crippen molar-refractivity contribution in [2.75, 3.05) is 0 Å². The minimum atomic E-state index is -0.285. The van der Waals surface area contributed by atoms with E-state index in [1.807, 2.05) is 0 Å². The maximum Gasteiger partial charge on any atom is 0.127 e. The molecule has 0 aliphatic carbocycles. The molecule has 0 radical (unpaired) electrons. The van der Waals surface area contributed by atoms with Gasteiger partial charge in [0.25, 0.3) is 0 Å². The van der Waals surface area contributed by atoms with Crippen LogP contribution in [0.2, 0.25) is 0 Å². The lowest BCUT2D eigenvalue weighted by Gasteiger charge is -2.06. The molecule has 1 rings (SSSR count). The quantitative estimate of drug-likeness (QED) is 0.511. The third-order valence-electron chi connectivity index (χ3n) is 1.88. The molecule has 0 N–H and O–H groups in total. The van der Waals surface area contributed by atoms with Gasteiger partial charge in [0.15, 0.2) is 0 Å². The zero-order valence-corrected chi connectivity index (χ0v) is 7.24. The van der Waals surface area contributed by atoms with Gasteiger partial charge in [-0.25, -0.2) is 4.39 Å². The number of benzene rings is 1. The van der Waals surface area contributed by atoms with Crippen LogP contribution in [0.3, 0.4) is 0 Å². The Balaban J connectivity index is 2.84. The van der Waals surface area contributed by atoms with E-state index in [-0.39, 0.29) is 11.7 Å². The fourth-order valence-corrected chi connectivity index (χ4v) is 1.16. The predicted molar refractivity (Wildman–Crippen MR) is 50.0 cm³/mol. The van der Waals surface area contributed by atoms with Gasteiger partial charge in [-0.05, 0) is 24.1 Å². The van der Waals surface area contributed by atoms with Gasteiger partial charge in [-0.3, -0.25) is 0 Å². The minimum Gasteiger partial charge on any atom is -0.303 e. The minimum absolute atomic E-state index is 0.196. The number of carbonyl (C=O) groups is 1. The van der Waals surface area contributed by atoms with Crippen molar-refractivity contribution in [2.24, 2.45) is 0 Å². The first-order valence-electron chi connectivity index (χ1n) is 4.09. The second-order valence-electron chi connectivity index (χ2n) is 2.82. The van der Waals surface area contributed by atoms with Gasteiger partial charge in [0.2, 0.25) is 0 Å². The molecule has 0 aliphatic rings. The molecule has 13 heavy (non-hydrogen) atoms. The van der Waals surface area contributed by atoms with Gasteiger partial charge in [-0.1, -0.05) is 18.2 Å². The summed E-state index contributed by atoms with van der Waals surface area (Å²) in [6.45, 7) is 3.56. The van der Waals surface area contributed by atoms with Crippen molar-refractivity contribution in [3.05, 3.63) is 48.3 Å². The monoisotopic (exact) mass is 178 g/mol. The van der Waals surface area contributed by atoms with Crippen LogP contribution in [0.5, 0.6) is 0 Å². The van der Waals surface area contributed by atoms with Crippen molar-refractivity contribution < 1.29 is 9.18 Å². The fourth-order valence-electron chi connectivity index (χ4n) is 1.16. The highest BCUT2D eigenvalue weighted by Crippen LogP contribution is 2.17. The second kappa shape index (κ2) is 4.55. The summed E-state index contributed by atoms with van der Waals surface area (Å²) in [6.07, 6.45) is 3.13. The molecule has 0 spiro atoms. The number of hydrogen-bond acceptors (Lipinski definition) is 1. The Hall–Kier alpha value is -1.44. The molecule has 0 saturated carbocycles. The molecule has 0 saturated heterocycles. The van der Waals surface area contributed by atoms with Gasteiger partial charge in [-0.2, -0.15) is 0 Å². The van der Waals surface area contributed by atoms with E-state index in [2.05, 4.69) is 6.58 Å². The molecule has 0 aliphatic heterocycles. The Labute approximate surface area is 76.9 Å². The SMILES string of the molecule is C=CCC(C=O)c1ccc(F)cc1. The fraction of sp³-hybridized carbons (Fsp3) is 0.182. The topological polar surface area (TPSA) is 17.1 Å². The van der Waals surface area contributed by atoms with Crippen molar-refractivity contribution in [3.63, 3.8) is 0 Å². The summed E-state index contributed by atoms with van der Waals surface area (Å²) >= 11 is 0. The molecule has 1 aromatic carbocycles. The van der Waals surface area contributed by atoms with Crippen molar-refractivity contribution in [1.82, 2.24) is 0 Å². The van der Waals surface area contributed by atoms with E-state index in [0.29, 0.717) is 6.42 Å². The normalized spacial score (nSPS) is 12.1. The summed E-state index contributed by atoms with van der Waals surface area (Å²) in [4.78, 5) is 10.6. The Morgan fingerprint density at radius 1 is 1.38 bits per heavy atom. The Kier molecular flexibility index (Phi) is 3.38. The van der Waals surface area contributed by atoms with E-state index in [0.717, 1.165) is 11.8 Å². The third-order valence-corrected chi connectivity index (χ3v) is 1.88. The van der Waals surface area contributed by atoms with Crippen LogP contribution in [-0.2, 0) is 4.79 Å². The lowest BCUT2D eigenvalue weighted by atomic mass is 9.97. The average Bonchev–Trinajstić information content (AvgIpc) is 2.16. The van der Waals surface area contributed by atoms with E-state index < -0.39 is 0 Å². The first-order chi connectivity index (χ1) is 6.27. The molecule has 0 bridgehead atoms. The summed E-state index contributed by atoms with van der Waals surface area (Å²) < 4.78 is 12.5. The van der Waals surface area contributed by atoms with E-state index in [1.165, 1.54) is 12.1 Å². The first kappa shape index (κ1) is 9.65. The van der Waals surface area contributed by atoms with Crippen LogP contribution in [0.15, 0.2) is 36.9 Å². The van der Waals surface area contributed by atoms with Crippen LogP contribution in [-0.4, -0.2) is 6.29 Å². The van der Waals surface area contributed by atoms with Crippen LogP contribution in [0.4, 0.5) is 4.39 Å². The molecule has 1 unspecified atom stereocenters. The lowest BCUT2D eigenvalue weighted by molar-refractivity contribution is -0.109. The number of carbonyl (C=O) groups excluding carboxylic acids is 1. The van der Waals surface area contributed by atoms with Crippen LogP contribution >= 0.6 is 0 Å². The maximum atomic E-state index is 12.5. The van der Waals surface area contributed by atoms with Gasteiger partial charge in [0, 0.05) is 5.92 Å². The molecule has 1 nitrogen and oxygen atoms in total. The highest BCUT2D eigenvalue weighted by Gasteiger charge is 2.07. The van der Waals surface area contributed by atoms with Gasteiger partial charge in [0.05, 0.1) is 0 Å². The van der Waals surface area contributed by atoms with E-state index in [1.54, 1.807) is 18.2 Å². The van der Waals surface area contributed by atoms with Crippen molar-refractivity contribution in [2.45, 2.75) is 12.3 Å². The number of hydrogen-bond donors (Lipinski definition) is 0. The second-order valence-corrected chi connectivity index (χ2v) is 2.82. The zero-order valence-electron chi connectivity index (χ0n) is 7.24. The van der Waals surface area contributed by atoms with Crippen LogP contribution < -0.4 is 0 Å². The van der Waals surface area contributed by atoms with Crippen molar-refractivity contribution >= 4 is 6.29 Å². The number of halogens is 1. The maximum absolute atomic E-state index is 12.5. The smallest absolute Gasteiger partial charge is 0.127 e. The molecule has 0 aromatic heterocycles. The van der Waals surface area contributed by atoms with Crippen LogP contribution in [0.25, 0.3) is 0 Å². The first-order valence-corrected chi connectivity index (χ1v) is 4.09. The average molecular weight is 178 g/mol. The third kappa shape index (κ3) is 2.51. The Morgan fingerprint density at radius 2 is 2.00 bits per heavy atom. The largest absolute Gasteiger partial charge is 0.303 e. The Morgan fingerprint density at radius 3 is 2.46 bits per heavy atom. The summed E-state index contributed by atoms with van der Waals surface area (Å²) in [7, 11) is 0. The van der Waals surface area contributed by atoms with Gasteiger partial charge >= 0.3 is 0 Å². The molecule has 0 fully saturated rings. The lowest BCUT2D eigenvalue weighted by Crippen LogP contribution is -1.98. The summed E-state index contributed by atoms with van der Waals surface area (Å²) in [5.74, 6) is -0.481. The van der Waals surface area contributed by atoms with Gasteiger partial charge < -0.3 is 4.79 Å². The zero-order chi connectivity index (χ0) is 9.68. The molecule has 1 aromatic rings. The molecule has 1 atom stereocenters. The number of aldehydes is 1. The van der Waals surface area contributed by atoms with E-state index in [4.69, 9.17) is 0 Å². The molecule has 0 amide bonds.